The summed E-state index contributed by atoms with van der Waals surface area (Å²) >= 11 is 0. The Morgan fingerprint density at radius 1 is 0.933 bits per heavy atom. The lowest BCUT2D eigenvalue weighted by Gasteiger charge is -2.16. The Bertz CT molecular complexity index is 924. The minimum Gasteiger partial charge on any atom is -0.349 e. The largest absolute Gasteiger partial charge is 0.349 e. The van der Waals surface area contributed by atoms with E-state index in [-0.39, 0.29) is 12.5 Å². The predicted molar refractivity (Wildman–Crippen MR) is 115 cm³/mol. The lowest BCUT2D eigenvalue weighted by molar-refractivity contribution is -0.130. The molecule has 2 fully saturated rings. The first-order chi connectivity index (χ1) is 14.6. The highest BCUT2D eigenvalue weighted by molar-refractivity contribution is 6.45. The molecule has 3 heterocycles. The van der Waals surface area contributed by atoms with Crippen LogP contribution in [0.5, 0.6) is 0 Å². The highest BCUT2D eigenvalue weighted by atomic mass is 16.2. The summed E-state index contributed by atoms with van der Waals surface area (Å²) in [5.74, 6) is -1.07. The van der Waals surface area contributed by atoms with Crippen LogP contribution in [0.15, 0.2) is 30.5 Å². The zero-order chi connectivity index (χ0) is 20.9. The fourth-order valence-corrected chi connectivity index (χ4v) is 4.48. The van der Waals surface area contributed by atoms with Crippen molar-refractivity contribution in [3.05, 3.63) is 36.0 Å². The molecule has 2 aliphatic rings. The summed E-state index contributed by atoms with van der Waals surface area (Å²) in [6, 6.07) is 7.45. The number of aromatic nitrogens is 1. The van der Waals surface area contributed by atoms with Gasteiger partial charge < -0.3 is 19.7 Å². The molecule has 1 N–H and O–H groups in total. The molecule has 0 saturated carbocycles. The first-order valence-electron chi connectivity index (χ1n) is 11.0. The fraction of sp³-hybridized carbons (Fsp3) is 0.522. The Hall–Kier alpha value is -2.67. The number of rotatable bonds is 8. The average Bonchev–Trinajstić information content (AvgIpc) is 3.52. The number of amides is 2. The molecule has 0 unspecified atom stereocenters. The smallest absolute Gasteiger partial charge is 0.292 e. The number of nitrogens with zero attached hydrogens (tertiary/aromatic N) is 3. The van der Waals surface area contributed by atoms with E-state index < -0.39 is 11.7 Å². The molecule has 160 valence electrons. The summed E-state index contributed by atoms with van der Waals surface area (Å²) in [5.41, 5.74) is 1.16. The van der Waals surface area contributed by atoms with E-state index in [9.17, 15) is 14.4 Å². The van der Waals surface area contributed by atoms with Crippen LogP contribution in [0.1, 0.15) is 42.5 Å². The van der Waals surface area contributed by atoms with Crippen LogP contribution >= 0.6 is 0 Å². The van der Waals surface area contributed by atoms with E-state index >= 15 is 0 Å². The highest BCUT2D eigenvalue weighted by Gasteiger charge is 2.24. The Labute approximate surface area is 177 Å². The second-order valence-corrected chi connectivity index (χ2v) is 8.26. The Kier molecular flexibility index (Phi) is 6.47. The molecule has 4 rings (SSSR count). The zero-order valence-corrected chi connectivity index (χ0v) is 17.4. The number of Topliss-reactive ketones (excluding diaryl/α,β-unsaturated/α-hetero) is 1. The topological polar surface area (TPSA) is 74.6 Å². The van der Waals surface area contributed by atoms with E-state index in [2.05, 4.69) is 10.2 Å². The van der Waals surface area contributed by atoms with Crippen LogP contribution < -0.4 is 5.32 Å². The van der Waals surface area contributed by atoms with Crippen molar-refractivity contribution in [3.8, 4) is 0 Å². The Morgan fingerprint density at radius 2 is 1.63 bits per heavy atom. The van der Waals surface area contributed by atoms with Crippen LogP contribution in [0, 0.1) is 0 Å². The number of benzene rings is 1. The highest BCUT2D eigenvalue weighted by Crippen LogP contribution is 2.22. The van der Waals surface area contributed by atoms with Gasteiger partial charge in [0.15, 0.2) is 0 Å². The standard InChI is InChI=1S/C23H30N4O3/c28-21(26-14-5-6-15-26)17-27-16-19(18-8-1-2-9-20(18)27)22(29)23(30)24-10-7-13-25-11-3-4-12-25/h1-2,8-9,16H,3-7,10-15,17H2,(H,24,30). The van der Waals surface area contributed by atoms with Crippen molar-refractivity contribution in [1.29, 1.82) is 0 Å². The summed E-state index contributed by atoms with van der Waals surface area (Å²) < 4.78 is 1.80. The molecule has 0 bridgehead atoms. The number of likely N-dealkylation sites (tertiary alicyclic amines) is 2. The van der Waals surface area contributed by atoms with Crippen molar-refractivity contribution in [2.24, 2.45) is 0 Å². The van der Waals surface area contributed by atoms with Gasteiger partial charge in [0.05, 0.1) is 5.56 Å². The van der Waals surface area contributed by atoms with Crippen LogP contribution in [0.3, 0.4) is 0 Å². The van der Waals surface area contributed by atoms with Crippen LogP contribution in [0.4, 0.5) is 0 Å². The molecule has 0 spiro atoms. The molecule has 2 aromatic rings. The molecule has 0 aliphatic carbocycles. The van der Waals surface area contributed by atoms with Crippen molar-refractivity contribution in [2.75, 3.05) is 39.3 Å². The van der Waals surface area contributed by atoms with Gasteiger partial charge in [-0.15, -0.1) is 0 Å². The van der Waals surface area contributed by atoms with Gasteiger partial charge in [0.1, 0.15) is 6.54 Å². The lowest BCUT2D eigenvalue weighted by atomic mass is 10.1. The van der Waals surface area contributed by atoms with Gasteiger partial charge in [-0.2, -0.15) is 0 Å². The van der Waals surface area contributed by atoms with Gasteiger partial charge in [-0.05, 0) is 57.8 Å². The molecular weight excluding hydrogens is 380 g/mol. The van der Waals surface area contributed by atoms with Gasteiger partial charge in [-0.3, -0.25) is 14.4 Å². The molecular formula is C23H30N4O3. The number of ketones is 1. The van der Waals surface area contributed by atoms with Crippen molar-refractivity contribution in [1.82, 2.24) is 19.7 Å². The number of carbonyl (C=O) groups is 3. The van der Waals surface area contributed by atoms with E-state index in [1.54, 1.807) is 10.8 Å². The van der Waals surface area contributed by atoms with Crippen LogP contribution in [-0.4, -0.2) is 71.2 Å². The second-order valence-electron chi connectivity index (χ2n) is 8.26. The first kappa shape index (κ1) is 20.6. The summed E-state index contributed by atoms with van der Waals surface area (Å²) in [4.78, 5) is 42.1. The summed E-state index contributed by atoms with van der Waals surface area (Å²) in [5, 5.41) is 3.48. The molecule has 30 heavy (non-hydrogen) atoms. The van der Waals surface area contributed by atoms with E-state index in [0.29, 0.717) is 17.5 Å². The van der Waals surface area contributed by atoms with Gasteiger partial charge >= 0.3 is 0 Å². The second kappa shape index (κ2) is 9.43. The normalized spacial score (nSPS) is 17.0. The van der Waals surface area contributed by atoms with E-state index in [4.69, 9.17) is 0 Å². The van der Waals surface area contributed by atoms with Gasteiger partial charge in [0, 0.05) is 36.7 Å². The number of hydrogen-bond acceptors (Lipinski definition) is 4. The monoisotopic (exact) mass is 410 g/mol. The first-order valence-corrected chi connectivity index (χ1v) is 11.0. The molecule has 2 saturated heterocycles. The maximum atomic E-state index is 12.8. The molecule has 2 aliphatic heterocycles. The van der Waals surface area contributed by atoms with Crippen LogP contribution in [0.25, 0.3) is 10.9 Å². The third-order valence-electron chi connectivity index (χ3n) is 6.14. The quantitative estimate of drug-likeness (QED) is 0.411. The minimum absolute atomic E-state index is 0.0543. The zero-order valence-electron chi connectivity index (χ0n) is 17.4. The van der Waals surface area contributed by atoms with E-state index in [1.807, 2.05) is 29.2 Å². The molecule has 1 aromatic heterocycles. The molecule has 2 amide bonds. The summed E-state index contributed by atoms with van der Waals surface area (Å²) in [6.07, 6.45) is 7.07. The molecule has 7 heteroatoms. The van der Waals surface area contributed by atoms with E-state index in [0.717, 1.165) is 57.5 Å². The minimum atomic E-state index is -0.579. The van der Waals surface area contributed by atoms with Gasteiger partial charge in [0.2, 0.25) is 5.91 Å². The average molecular weight is 411 g/mol. The Balaban J connectivity index is 1.41. The third kappa shape index (κ3) is 4.56. The van der Waals surface area contributed by atoms with Gasteiger partial charge in [-0.25, -0.2) is 0 Å². The SMILES string of the molecule is O=C(NCCCN1CCCC1)C(=O)c1cn(CC(=O)N2CCCC2)c2ccccc12. The van der Waals surface area contributed by atoms with Crippen molar-refractivity contribution in [3.63, 3.8) is 0 Å². The maximum Gasteiger partial charge on any atom is 0.292 e. The third-order valence-corrected chi connectivity index (χ3v) is 6.14. The number of para-hydroxylation sites is 1. The van der Waals surface area contributed by atoms with Crippen LogP contribution in [0.2, 0.25) is 0 Å². The molecule has 0 radical (unpaired) electrons. The molecule has 0 atom stereocenters. The summed E-state index contributed by atoms with van der Waals surface area (Å²) in [6.45, 7) is 5.48. The Morgan fingerprint density at radius 3 is 2.40 bits per heavy atom. The fourth-order valence-electron chi connectivity index (χ4n) is 4.48. The molecule has 1 aromatic carbocycles. The van der Waals surface area contributed by atoms with E-state index in [1.165, 1.54) is 12.8 Å². The summed E-state index contributed by atoms with van der Waals surface area (Å²) in [7, 11) is 0. The number of fused-ring (bicyclic) bond motifs is 1. The number of hydrogen-bond donors (Lipinski definition) is 1. The van der Waals surface area contributed by atoms with Crippen molar-refractivity contribution < 1.29 is 14.4 Å². The number of carbonyl (C=O) groups excluding carboxylic acids is 3. The lowest BCUT2D eigenvalue weighted by Crippen LogP contribution is -2.33. The molecule has 7 nitrogen and oxygen atoms in total. The van der Waals surface area contributed by atoms with Crippen LogP contribution in [-0.2, 0) is 16.1 Å². The predicted octanol–water partition coefficient (Wildman–Crippen LogP) is 2.05. The number of nitrogens with one attached hydrogen (secondary N) is 1. The van der Waals surface area contributed by atoms with Gasteiger partial charge in [-0.1, -0.05) is 18.2 Å². The van der Waals surface area contributed by atoms with Crippen molar-refractivity contribution >= 4 is 28.5 Å². The van der Waals surface area contributed by atoms with Gasteiger partial charge in [0.25, 0.3) is 11.7 Å². The van der Waals surface area contributed by atoms with Crippen molar-refractivity contribution in [2.45, 2.75) is 38.6 Å². The maximum absolute atomic E-state index is 12.8.